The number of thiophene rings is 1. The Kier molecular flexibility index (Phi) is 4.56. The number of fused-ring (bicyclic) bond motifs is 1. The fourth-order valence-electron chi connectivity index (χ4n) is 2.11. The van der Waals surface area contributed by atoms with Gasteiger partial charge in [0.1, 0.15) is 0 Å². The van der Waals surface area contributed by atoms with Gasteiger partial charge >= 0.3 is 0 Å². The summed E-state index contributed by atoms with van der Waals surface area (Å²) in [6.07, 6.45) is 2.18. The zero-order valence-corrected chi connectivity index (χ0v) is 12.0. The van der Waals surface area contributed by atoms with Crippen LogP contribution in [-0.4, -0.2) is 6.54 Å². The van der Waals surface area contributed by atoms with Gasteiger partial charge < -0.3 is 5.32 Å². The van der Waals surface area contributed by atoms with Gasteiger partial charge in [-0.2, -0.15) is 0 Å². The molecule has 0 aliphatic carbocycles. The quantitative estimate of drug-likeness (QED) is 0.727. The molecule has 1 unspecified atom stereocenters. The van der Waals surface area contributed by atoms with Crippen LogP contribution in [0.4, 0.5) is 0 Å². The summed E-state index contributed by atoms with van der Waals surface area (Å²) in [6.45, 7) is 9.42. The summed E-state index contributed by atoms with van der Waals surface area (Å²) in [5.74, 6) is 0. The highest BCUT2D eigenvalue weighted by atomic mass is 32.1. The van der Waals surface area contributed by atoms with E-state index < -0.39 is 0 Å². The SMILES string of the molecule is C=C(C)CC(NCCC)c1cc2ccccc2s1. The van der Waals surface area contributed by atoms with Gasteiger partial charge in [-0.1, -0.05) is 30.7 Å². The van der Waals surface area contributed by atoms with Crippen LogP contribution in [0.1, 0.15) is 37.6 Å². The lowest BCUT2D eigenvalue weighted by atomic mass is 10.1. The minimum atomic E-state index is 0.417. The Morgan fingerprint density at radius 2 is 2.17 bits per heavy atom. The molecule has 1 aromatic carbocycles. The van der Waals surface area contributed by atoms with Gasteiger partial charge in [-0.3, -0.25) is 0 Å². The van der Waals surface area contributed by atoms with Crippen LogP contribution < -0.4 is 5.32 Å². The summed E-state index contributed by atoms with van der Waals surface area (Å²) in [5, 5.41) is 4.98. The second-order valence-corrected chi connectivity index (χ2v) is 5.97. The Morgan fingerprint density at radius 3 is 2.83 bits per heavy atom. The Hall–Kier alpha value is -1.12. The third-order valence-electron chi connectivity index (χ3n) is 2.98. The fourth-order valence-corrected chi connectivity index (χ4v) is 3.25. The molecule has 0 radical (unpaired) electrons. The van der Waals surface area contributed by atoms with Gasteiger partial charge in [0.25, 0.3) is 0 Å². The fraction of sp³-hybridized carbons (Fsp3) is 0.375. The topological polar surface area (TPSA) is 12.0 Å². The number of hydrogen-bond acceptors (Lipinski definition) is 2. The first-order valence-corrected chi connectivity index (χ1v) is 7.38. The molecule has 2 rings (SSSR count). The molecule has 18 heavy (non-hydrogen) atoms. The van der Waals surface area contributed by atoms with Gasteiger partial charge in [-0.15, -0.1) is 17.9 Å². The monoisotopic (exact) mass is 259 g/mol. The normalized spacial score (nSPS) is 12.8. The van der Waals surface area contributed by atoms with Crippen molar-refractivity contribution in [1.82, 2.24) is 5.32 Å². The van der Waals surface area contributed by atoms with E-state index in [0.717, 1.165) is 19.4 Å². The smallest absolute Gasteiger partial charge is 0.0452 e. The minimum Gasteiger partial charge on any atom is -0.309 e. The van der Waals surface area contributed by atoms with Crippen molar-refractivity contribution in [2.75, 3.05) is 6.54 Å². The van der Waals surface area contributed by atoms with Crippen molar-refractivity contribution >= 4 is 21.4 Å². The van der Waals surface area contributed by atoms with Crippen LogP contribution in [0.5, 0.6) is 0 Å². The van der Waals surface area contributed by atoms with Gasteiger partial charge in [0.05, 0.1) is 0 Å². The van der Waals surface area contributed by atoms with Crippen LogP contribution in [0.2, 0.25) is 0 Å². The lowest BCUT2D eigenvalue weighted by molar-refractivity contribution is 0.535. The van der Waals surface area contributed by atoms with Gasteiger partial charge in [0.15, 0.2) is 0 Å². The molecule has 2 heteroatoms. The molecule has 0 bridgehead atoms. The molecule has 0 saturated carbocycles. The highest BCUT2D eigenvalue weighted by Crippen LogP contribution is 2.32. The van der Waals surface area contributed by atoms with Crippen LogP contribution in [0.15, 0.2) is 42.5 Å². The average Bonchev–Trinajstić information content (AvgIpc) is 2.77. The Balaban J connectivity index is 2.25. The van der Waals surface area contributed by atoms with Gasteiger partial charge in [0.2, 0.25) is 0 Å². The average molecular weight is 259 g/mol. The van der Waals surface area contributed by atoms with E-state index in [4.69, 9.17) is 0 Å². The maximum atomic E-state index is 4.05. The predicted molar refractivity (Wildman–Crippen MR) is 82.3 cm³/mol. The van der Waals surface area contributed by atoms with Crippen molar-refractivity contribution in [2.24, 2.45) is 0 Å². The molecule has 96 valence electrons. The van der Waals surface area contributed by atoms with Crippen LogP contribution >= 0.6 is 11.3 Å². The molecular formula is C16H21NS. The molecule has 1 aromatic heterocycles. The highest BCUT2D eigenvalue weighted by molar-refractivity contribution is 7.19. The summed E-state index contributed by atoms with van der Waals surface area (Å²) in [5.41, 5.74) is 1.24. The highest BCUT2D eigenvalue weighted by Gasteiger charge is 2.13. The number of nitrogens with one attached hydrogen (secondary N) is 1. The molecular weight excluding hydrogens is 238 g/mol. The lowest BCUT2D eigenvalue weighted by Crippen LogP contribution is -2.21. The molecule has 1 nitrogen and oxygen atoms in total. The summed E-state index contributed by atoms with van der Waals surface area (Å²) in [7, 11) is 0. The molecule has 0 saturated heterocycles. The van der Waals surface area contributed by atoms with Crippen molar-refractivity contribution < 1.29 is 0 Å². The molecule has 0 spiro atoms. The summed E-state index contributed by atoms with van der Waals surface area (Å²) in [4.78, 5) is 1.42. The maximum Gasteiger partial charge on any atom is 0.0452 e. The maximum absolute atomic E-state index is 4.05. The van der Waals surface area contributed by atoms with Crippen molar-refractivity contribution in [3.05, 3.63) is 47.4 Å². The zero-order chi connectivity index (χ0) is 13.0. The third-order valence-corrected chi connectivity index (χ3v) is 4.21. The summed E-state index contributed by atoms with van der Waals surface area (Å²) < 4.78 is 1.37. The summed E-state index contributed by atoms with van der Waals surface area (Å²) >= 11 is 1.89. The van der Waals surface area contributed by atoms with E-state index in [1.807, 2.05) is 11.3 Å². The first-order chi connectivity index (χ1) is 8.70. The molecule has 0 aliphatic heterocycles. The van der Waals surface area contributed by atoms with E-state index in [-0.39, 0.29) is 0 Å². The largest absolute Gasteiger partial charge is 0.309 e. The Morgan fingerprint density at radius 1 is 1.39 bits per heavy atom. The second kappa shape index (κ2) is 6.17. The molecule has 0 fully saturated rings. The Labute approximate surface area is 114 Å². The van der Waals surface area contributed by atoms with Gasteiger partial charge in [0, 0.05) is 15.6 Å². The molecule has 2 aromatic rings. The third kappa shape index (κ3) is 3.21. The van der Waals surface area contributed by atoms with Crippen molar-refractivity contribution in [1.29, 1.82) is 0 Å². The van der Waals surface area contributed by atoms with E-state index in [1.165, 1.54) is 20.5 Å². The van der Waals surface area contributed by atoms with Gasteiger partial charge in [-0.25, -0.2) is 0 Å². The molecule has 0 amide bonds. The van der Waals surface area contributed by atoms with Crippen molar-refractivity contribution in [2.45, 2.75) is 32.7 Å². The lowest BCUT2D eigenvalue weighted by Gasteiger charge is -2.16. The number of rotatable bonds is 6. The second-order valence-electron chi connectivity index (χ2n) is 4.85. The first kappa shape index (κ1) is 13.3. The molecule has 1 N–H and O–H groups in total. The van der Waals surface area contributed by atoms with Crippen LogP contribution in [0.25, 0.3) is 10.1 Å². The zero-order valence-electron chi connectivity index (χ0n) is 11.2. The van der Waals surface area contributed by atoms with E-state index in [2.05, 4.69) is 56.1 Å². The van der Waals surface area contributed by atoms with Crippen molar-refractivity contribution in [3.8, 4) is 0 Å². The minimum absolute atomic E-state index is 0.417. The van der Waals surface area contributed by atoms with Crippen LogP contribution in [0.3, 0.4) is 0 Å². The summed E-state index contributed by atoms with van der Waals surface area (Å²) in [6, 6.07) is 11.3. The van der Waals surface area contributed by atoms with E-state index in [0.29, 0.717) is 6.04 Å². The first-order valence-electron chi connectivity index (χ1n) is 6.57. The Bertz CT molecular complexity index is 494. The molecule has 1 heterocycles. The van der Waals surface area contributed by atoms with Crippen LogP contribution in [0, 0.1) is 0 Å². The van der Waals surface area contributed by atoms with E-state index >= 15 is 0 Å². The van der Waals surface area contributed by atoms with E-state index in [9.17, 15) is 0 Å². The number of benzene rings is 1. The van der Waals surface area contributed by atoms with Gasteiger partial charge in [-0.05, 0) is 43.8 Å². The van der Waals surface area contributed by atoms with Crippen molar-refractivity contribution in [3.63, 3.8) is 0 Å². The van der Waals surface area contributed by atoms with E-state index in [1.54, 1.807) is 0 Å². The predicted octanol–water partition coefficient (Wildman–Crippen LogP) is 4.91. The molecule has 1 atom stereocenters. The van der Waals surface area contributed by atoms with Crippen LogP contribution in [-0.2, 0) is 0 Å². The molecule has 0 aliphatic rings. The standard InChI is InChI=1S/C16H21NS/c1-4-9-17-14(10-12(2)3)16-11-13-7-5-6-8-15(13)18-16/h5-8,11,14,17H,2,4,9-10H2,1,3H3. The number of hydrogen-bond donors (Lipinski definition) is 1.